The first-order valence-electron chi connectivity index (χ1n) is 13.0. The van der Waals surface area contributed by atoms with Gasteiger partial charge in [0.1, 0.15) is 5.82 Å². The summed E-state index contributed by atoms with van der Waals surface area (Å²) in [7, 11) is 2.91. The minimum absolute atomic E-state index is 0.0706. The summed E-state index contributed by atoms with van der Waals surface area (Å²) in [6.45, 7) is 2.06. The van der Waals surface area contributed by atoms with Crippen LogP contribution in [0, 0.1) is 5.92 Å². The minimum Gasteiger partial charge on any atom is -0.469 e. The quantitative estimate of drug-likeness (QED) is 0.434. The average Bonchev–Trinajstić information content (AvgIpc) is 3.30. The number of carbonyl (C=O) groups excluding carboxylic acids is 2. The molecule has 36 heavy (non-hydrogen) atoms. The number of aromatic nitrogens is 2. The molecule has 5 rings (SSSR count). The Hall–Kier alpha value is -3.35. The molecule has 0 radical (unpaired) electrons. The second-order valence-electron chi connectivity index (χ2n) is 10.1. The zero-order chi connectivity index (χ0) is 25.2. The summed E-state index contributed by atoms with van der Waals surface area (Å²) in [5.74, 6) is 0.845. The van der Waals surface area contributed by atoms with Crippen molar-refractivity contribution in [2.24, 2.45) is 5.92 Å². The van der Waals surface area contributed by atoms with Crippen LogP contribution < -0.4 is 4.90 Å². The van der Waals surface area contributed by atoms with E-state index in [1.54, 1.807) is 4.90 Å². The zero-order valence-corrected chi connectivity index (χ0v) is 21.4. The van der Waals surface area contributed by atoms with Crippen LogP contribution in [0.4, 0.5) is 10.5 Å². The lowest BCUT2D eigenvalue weighted by atomic mass is 9.85. The number of hydrogen-bond acceptors (Lipinski definition) is 5. The SMILES string of the molecule is COC(=O)[C@@H]1CCC[C@H](n2c(CCc3ccccc3)nc3c4c(ccc32)N(C(=O)OC)[C@@H](C)CC4)C1. The van der Waals surface area contributed by atoms with Crippen LogP contribution in [0.1, 0.15) is 62.0 Å². The summed E-state index contributed by atoms with van der Waals surface area (Å²) in [4.78, 5) is 32.0. The van der Waals surface area contributed by atoms with Gasteiger partial charge in [-0.1, -0.05) is 36.8 Å². The number of methoxy groups -OCH3 is 2. The summed E-state index contributed by atoms with van der Waals surface area (Å²) < 4.78 is 12.6. The van der Waals surface area contributed by atoms with Gasteiger partial charge in [-0.25, -0.2) is 9.78 Å². The molecular weight excluding hydrogens is 454 g/mol. The maximum atomic E-state index is 12.6. The molecule has 0 spiro atoms. The van der Waals surface area contributed by atoms with Crippen LogP contribution in [-0.2, 0) is 33.5 Å². The van der Waals surface area contributed by atoms with Gasteiger partial charge in [0.15, 0.2) is 0 Å². The Labute approximate surface area is 212 Å². The topological polar surface area (TPSA) is 73.7 Å². The van der Waals surface area contributed by atoms with E-state index in [1.165, 1.54) is 19.8 Å². The predicted molar refractivity (Wildman–Crippen MR) is 139 cm³/mol. The summed E-state index contributed by atoms with van der Waals surface area (Å²) in [6.07, 6.45) is 6.73. The van der Waals surface area contributed by atoms with Crippen LogP contribution >= 0.6 is 0 Å². The molecule has 190 valence electrons. The van der Waals surface area contributed by atoms with Gasteiger partial charge in [0.05, 0.1) is 36.9 Å². The number of nitrogens with zero attached hydrogens (tertiary/aromatic N) is 3. The van der Waals surface area contributed by atoms with Crippen LogP contribution in [0.2, 0.25) is 0 Å². The zero-order valence-electron chi connectivity index (χ0n) is 21.4. The Balaban J connectivity index is 1.59. The van der Waals surface area contributed by atoms with Gasteiger partial charge in [-0.3, -0.25) is 9.69 Å². The molecule has 0 bridgehead atoms. The van der Waals surface area contributed by atoms with Gasteiger partial charge in [0.25, 0.3) is 0 Å². The third kappa shape index (κ3) is 4.47. The molecule has 0 unspecified atom stereocenters. The van der Waals surface area contributed by atoms with Crippen LogP contribution in [0.15, 0.2) is 42.5 Å². The fourth-order valence-corrected chi connectivity index (χ4v) is 6.09. The van der Waals surface area contributed by atoms with E-state index in [1.807, 2.05) is 12.1 Å². The van der Waals surface area contributed by atoms with Crippen LogP contribution in [0.25, 0.3) is 11.0 Å². The Bertz CT molecular complexity index is 1250. The van der Waals surface area contributed by atoms with E-state index in [0.717, 1.165) is 79.5 Å². The van der Waals surface area contributed by atoms with Crippen molar-refractivity contribution in [3.8, 4) is 0 Å². The number of amides is 1. The van der Waals surface area contributed by atoms with Crippen molar-refractivity contribution in [2.75, 3.05) is 19.1 Å². The summed E-state index contributed by atoms with van der Waals surface area (Å²) in [6, 6.07) is 14.9. The predicted octanol–water partition coefficient (Wildman–Crippen LogP) is 5.63. The lowest BCUT2D eigenvalue weighted by molar-refractivity contribution is -0.147. The van der Waals surface area contributed by atoms with Crippen LogP contribution in [0.3, 0.4) is 0 Å². The molecule has 1 aromatic heterocycles. The van der Waals surface area contributed by atoms with Gasteiger partial charge in [0.2, 0.25) is 0 Å². The Morgan fingerprint density at radius 2 is 1.81 bits per heavy atom. The third-order valence-electron chi connectivity index (χ3n) is 7.93. The van der Waals surface area contributed by atoms with E-state index in [2.05, 4.69) is 41.8 Å². The van der Waals surface area contributed by atoms with Crippen molar-refractivity contribution in [2.45, 2.75) is 70.4 Å². The number of hydrogen-bond donors (Lipinski definition) is 0. The Kier molecular flexibility index (Phi) is 6.99. The maximum Gasteiger partial charge on any atom is 0.414 e. The molecule has 1 aliphatic carbocycles. The number of anilines is 1. The smallest absolute Gasteiger partial charge is 0.414 e. The Morgan fingerprint density at radius 1 is 1.00 bits per heavy atom. The minimum atomic E-state index is -0.334. The lowest BCUT2D eigenvalue weighted by Crippen LogP contribution is -2.42. The van der Waals surface area contributed by atoms with Gasteiger partial charge in [-0.15, -0.1) is 0 Å². The lowest BCUT2D eigenvalue weighted by Gasteiger charge is -2.34. The fraction of sp³-hybridized carbons (Fsp3) is 0.483. The second kappa shape index (κ2) is 10.3. The van der Waals surface area contributed by atoms with E-state index in [4.69, 9.17) is 14.5 Å². The molecule has 2 aromatic carbocycles. The van der Waals surface area contributed by atoms with Crippen molar-refractivity contribution >= 4 is 28.8 Å². The second-order valence-corrected chi connectivity index (χ2v) is 10.1. The monoisotopic (exact) mass is 489 g/mol. The first-order valence-corrected chi connectivity index (χ1v) is 13.0. The highest BCUT2D eigenvalue weighted by molar-refractivity contribution is 5.95. The van der Waals surface area contributed by atoms with E-state index < -0.39 is 0 Å². The number of imidazole rings is 1. The number of fused-ring (bicyclic) bond motifs is 3. The number of carbonyl (C=O) groups is 2. The molecule has 7 heteroatoms. The molecule has 1 saturated carbocycles. The van der Waals surface area contributed by atoms with E-state index in [-0.39, 0.29) is 30.1 Å². The molecule has 3 aromatic rings. The molecule has 1 aliphatic heterocycles. The van der Waals surface area contributed by atoms with Crippen molar-refractivity contribution in [1.29, 1.82) is 0 Å². The maximum absolute atomic E-state index is 12.6. The summed E-state index contributed by atoms with van der Waals surface area (Å²) >= 11 is 0. The van der Waals surface area contributed by atoms with Gasteiger partial charge >= 0.3 is 12.1 Å². The van der Waals surface area contributed by atoms with E-state index >= 15 is 0 Å². The van der Waals surface area contributed by atoms with E-state index in [0.29, 0.717) is 0 Å². The molecule has 2 heterocycles. The van der Waals surface area contributed by atoms with Gasteiger partial charge in [0, 0.05) is 24.1 Å². The first-order chi connectivity index (χ1) is 17.5. The number of esters is 1. The van der Waals surface area contributed by atoms with Crippen molar-refractivity contribution < 1.29 is 19.1 Å². The van der Waals surface area contributed by atoms with Crippen LogP contribution in [-0.4, -0.2) is 41.9 Å². The molecule has 1 fully saturated rings. The molecule has 0 N–H and O–H groups in total. The molecule has 7 nitrogen and oxygen atoms in total. The normalized spacial score (nSPS) is 21.8. The number of ether oxygens (including phenoxy) is 2. The van der Waals surface area contributed by atoms with Gasteiger partial charge in [-0.05, 0) is 63.1 Å². The molecular formula is C29H35N3O4. The molecule has 1 amide bonds. The number of rotatable bonds is 5. The third-order valence-corrected chi connectivity index (χ3v) is 7.93. The van der Waals surface area contributed by atoms with E-state index in [9.17, 15) is 9.59 Å². The van der Waals surface area contributed by atoms with Crippen molar-refractivity contribution in [3.63, 3.8) is 0 Å². The van der Waals surface area contributed by atoms with Gasteiger partial charge < -0.3 is 14.0 Å². The highest BCUT2D eigenvalue weighted by atomic mass is 16.5. The average molecular weight is 490 g/mol. The highest BCUT2D eigenvalue weighted by Gasteiger charge is 2.34. The number of aryl methyl sites for hydroxylation is 3. The van der Waals surface area contributed by atoms with Gasteiger partial charge in [-0.2, -0.15) is 0 Å². The summed E-state index contributed by atoms with van der Waals surface area (Å²) in [5, 5.41) is 0. The molecule has 2 aliphatic rings. The standard InChI is InChI=1S/C29H35N3O4/c1-19-12-14-23-24(31(19)29(34)36-3)15-16-25-27(23)30-26(17-13-20-8-5-4-6-9-20)32(25)22-11-7-10-21(18-22)28(33)35-2/h4-6,8-9,15-16,19,21-22H,7,10-14,17-18H2,1-3H3/t19-,21+,22-/m0/s1. The molecule has 0 saturated heterocycles. The van der Waals surface area contributed by atoms with Crippen molar-refractivity contribution in [3.05, 3.63) is 59.4 Å². The number of benzene rings is 2. The Morgan fingerprint density at radius 3 is 2.56 bits per heavy atom. The van der Waals surface area contributed by atoms with Crippen molar-refractivity contribution in [1.82, 2.24) is 9.55 Å². The fourth-order valence-electron chi connectivity index (χ4n) is 6.09. The molecule has 3 atom stereocenters. The highest BCUT2D eigenvalue weighted by Crippen LogP contribution is 2.40. The first kappa shape index (κ1) is 24.3. The summed E-state index contributed by atoms with van der Waals surface area (Å²) in [5.41, 5.74) is 5.34. The largest absolute Gasteiger partial charge is 0.469 e. The van der Waals surface area contributed by atoms with Crippen LogP contribution in [0.5, 0.6) is 0 Å².